The van der Waals surface area contributed by atoms with Gasteiger partial charge in [-0.2, -0.15) is 0 Å². The van der Waals surface area contributed by atoms with Crippen molar-refractivity contribution in [3.63, 3.8) is 0 Å². The quantitative estimate of drug-likeness (QED) is 0.617. The van der Waals surface area contributed by atoms with E-state index in [1.165, 1.54) is 22.3 Å². The van der Waals surface area contributed by atoms with Crippen LogP contribution in [0.1, 0.15) is 32.6 Å². The Morgan fingerprint density at radius 3 is 2.33 bits per heavy atom. The Labute approximate surface area is 122 Å². The predicted octanol–water partition coefficient (Wildman–Crippen LogP) is 5.75. The van der Waals surface area contributed by atoms with E-state index in [2.05, 4.69) is 60.1 Å². The van der Waals surface area contributed by atoms with Gasteiger partial charge in [0.1, 0.15) is 0 Å². The molecule has 0 fully saturated rings. The van der Waals surface area contributed by atoms with Crippen LogP contribution in [0.3, 0.4) is 0 Å². The second kappa shape index (κ2) is 5.46. The molecule has 0 bridgehead atoms. The third-order valence-electron chi connectivity index (χ3n) is 3.18. The maximum absolute atomic E-state index is 6.07. The van der Waals surface area contributed by atoms with Crippen molar-refractivity contribution in [2.24, 2.45) is 0 Å². The highest BCUT2D eigenvalue weighted by Gasteiger charge is 2.13. The van der Waals surface area contributed by atoms with Gasteiger partial charge in [-0.15, -0.1) is 0 Å². The van der Waals surface area contributed by atoms with E-state index in [0.29, 0.717) is 0 Å². The Bertz CT molecular complexity index is 575. The summed E-state index contributed by atoms with van der Waals surface area (Å²) in [5.74, 6) is 0. The average Bonchev–Trinajstić information content (AvgIpc) is 2.35. The fraction of sp³-hybridized carbons (Fsp3) is 0.250. The van der Waals surface area contributed by atoms with E-state index in [0.717, 1.165) is 10.6 Å². The van der Waals surface area contributed by atoms with Crippen LogP contribution >= 0.6 is 27.5 Å². The molecule has 0 amide bonds. The molecule has 18 heavy (non-hydrogen) atoms. The van der Waals surface area contributed by atoms with Crippen LogP contribution in [0.5, 0.6) is 0 Å². The summed E-state index contributed by atoms with van der Waals surface area (Å²) in [5.41, 5.74) is 6.26. The fourth-order valence-corrected chi connectivity index (χ4v) is 2.93. The van der Waals surface area contributed by atoms with Crippen LogP contribution in [0.2, 0.25) is 5.02 Å². The molecule has 1 atom stereocenters. The maximum atomic E-state index is 6.07. The van der Waals surface area contributed by atoms with Crippen LogP contribution in [0.15, 0.2) is 36.4 Å². The summed E-state index contributed by atoms with van der Waals surface area (Å²) in [6.45, 7) is 6.30. The van der Waals surface area contributed by atoms with E-state index in [9.17, 15) is 0 Å². The van der Waals surface area contributed by atoms with Gasteiger partial charge in [0.25, 0.3) is 0 Å². The molecule has 2 rings (SSSR count). The van der Waals surface area contributed by atoms with Gasteiger partial charge in [-0.3, -0.25) is 0 Å². The van der Waals surface area contributed by atoms with Gasteiger partial charge >= 0.3 is 0 Å². The number of rotatable bonds is 2. The third kappa shape index (κ3) is 2.78. The normalized spacial score (nSPS) is 12.5. The van der Waals surface area contributed by atoms with Gasteiger partial charge < -0.3 is 0 Å². The predicted molar refractivity (Wildman–Crippen MR) is 82.9 cm³/mol. The van der Waals surface area contributed by atoms with Crippen LogP contribution in [0.25, 0.3) is 0 Å². The van der Waals surface area contributed by atoms with Gasteiger partial charge in [0.15, 0.2) is 0 Å². The molecule has 2 heteroatoms. The van der Waals surface area contributed by atoms with Gasteiger partial charge in [0.2, 0.25) is 0 Å². The molecule has 2 aromatic carbocycles. The van der Waals surface area contributed by atoms with Crippen molar-refractivity contribution in [2.45, 2.75) is 25.6 Å². The molecule has 0 saturated carbocycles. The zero-order chi connectivity index (χ0) is 13.3. The molecule has 0 nitrogen and oxygen atoms in total. The second-order valence-corrected chi connectivity index (χ2v) is 6.05. The lowest BCUT2D eigenvalue weighted by Crippen LogP contribution is -1.97. The number of halogens is 2. The minimum Gasteiger partial charge on any atom is -0.0841 e. The molecule has 0 N–H and O–H groups in total. The lowest BCUT2D eigenvalue weighted by atomic mass is 9.97. The summed E-state index contributed by atoms with van der Waals surface area (Å²) in [5, 5.41) is 0.819. The van der Waals surface area contributed by atoms with Gasteiger partial charge in [-0.05, 0) is 49.1 Å². The van der Waals surface area contributed by atoms with E-state index in [-0.39, 0.29) is 4.83 Å². The standard InChI is InChI=1S/C16H16BrCl/c1-10-4-5-11(2)14(8-10)16(17)13-6-7-15(18)12(3)9-13/h4-9,16H,1-3H3. The maximum Gasteiger partial charge on any atom is 0.0647 e. The van der Waals surface area contributed by atoms with E-state index in [1.54, 1.807) is 0 Å². The summed E-state index contributed by atoms with van der Waals surface area (Å²) in [6, 6.07) is 12.7. The number of aryl methyl sites for hydroxylation is 3. The van der Waals surface area contributed by atoms with Crippen molar-refractivity contribution in [2.75, 3.05) is 0 Å². The molecule has 0 aromatic heterocycles. The largest absolute Gasteiger partial charge is 0.0841 e. The fourth-order valence-electron chi connectivity index (χ4n) is 2.04. The SMILES string of the molecule is Cc1ccc(C)c(C(Br)c2ccc(Cl)c(C)c2)c1. The summed E-state index contributed by atoms with van der Waals surface area (Å²) in [6.07, 6.45) is 0. The highest BCUT2D eigenvalue weighted by Crippen LogP contribution is 2.34. The summed E-state index contributed by atoms with van der Waals surface area (Å²) < 4.78 is 0. The Morgan fingerprint density at radius 2 is 1.67 bits per heavy atom. The molecule has 2 aromatic rings. The van der Waals surface area contributed by atoms with Crippen molar-refractivity contribution < 1.29 is 0 Å². The molecule has 1 unspecified atom stereocenters. The van der Waals surface area contributed by atoms with Crippen molar-refractivity contribution in [1.82, 2.24) is 0 Å². The van der Waals surface area contributed by atoms with Crippen LogP contribution in [-0.4, -0.2) is 0 Å². The Kier molecular flexibility index (Phi) is 4.14. The molecule has 0 heterocycles. The van der Waals surface area contributed by atoms with Crippen molar-refractivity contribution >= 4 is 27.5 Å². The van der Waals surface area contributed by atoms with Crippen LogP contribution in [-0.2, 0) is 0 Å². The number of hydrogen-bond donors (Lipinski definition) is 0. The van der Waals surface area contributed by atoms with Crippen molar-refractivity contribution in [3.8, 4) is 0 Å². The van der Waals surface area contributed by atoms with Crippen LogP contribution in [0, 0.1) is 20.8 Å². The summed E-state index contributed by atoms with van der Waals surface area (Å²) in [4.78, 5) is 0.216. The average molecular weight is 324 g/mol. The first-order chi connectivity index (χ1) is 8.49. The van der Waals surface area contributed by atoms with Crippen LogP contribution in [0.4, 0.5) is 0 Å². The molecule has 0 spiro atoms. The van der Waals surface area contributed by atoms with Crippen molar-refractivity contribution in [1.29, 1.82) is 0 Å². The first-order valence-electron chi connectivity index (χ1n) is 5.96. The van der Waals surface area contributed by atoms with Gasteiger partial charge in [-0.1, -0.05) is 63.4 Å². The molecule has 0 aliphatic carbocycles. The minimum atomic E-state index is 0.216. The topological polar surface area (TPSA) is 0 Å². The lowest BCUT2D eigenvalue weighted by Gasteiger charge is -2.15. The third-order valence-corrected chi connectivity index (χ3v) is 4.63. The monoisotopic (exact) mass is 322 g/mol. The van der Waals surface area contributed by atoms with Crippen molar-refractivity contribution in [3.05, 3.63) is 69.2 Å². The molecular formula is C16H16BrCl. The molecule has 0 saturated heterocycles. The van der Waals surface area contributed by atoms with E-state index in [4.69, 9.17) is 11.6 Å². The van der Waals surface area contributed by atoms with Gasteiger partial charge in [0, 0.05) is 5.02 Å². The van der Waals surface area contributed by atoms with E-state index >= 15 is 0 Å². The smallest absolute Gasteiger partial charge is 0.0647 e. The zero-order valence-electron chi connectivity index (χ0n) is 10.8. The number of benzene rings is 2. The Morgan fingerprint density at radius 1 is 0.944 bits per heavy atom. The van der Waals surface area contributed by atoms with Crippen LogP contribution < -0.4 is 0 Å². The number of alkyl halides is 1. The lowest BCUT2D eigenvalue weighted by molar-refractivity contribution is 1.13. The highest BCUT2D eigenvalue weighted by molar-refractivity contribution is 9.09. The molecular weight excluding hydrogens is 308 g/mol. The van der Waals surface area contributed by atoms with E-state index < -0.39 is 0 Å². The van der Waals surface area contributed by atoms with Gasteiger partial charge in [0.05, 0.1) is 4.83 Å². The molecule has 0 aliphatic heterocycles. The van der Waals surface area contributed by atoms with Gasteiger partial charge in [-0.25, -0.2) is 0 Å². The number of hydrogen-bond acceptors (Lipinski definition) is 0. The summed E-state index contributed by atoms with van der Waals surface area (Å²) in [7, 11) is 0. The summed E-state index contributed by atoms with van der Waals surface area (Å²) >= 11 is 9.87. The first kappa shape index (κ1) is 13.6. The Hall–Kier alpha value is -0.790. The Balaban J connectivity index is 2.44. The molecule has 94 valence electrons. The van der Waals surface area contributed by atoms with E-state index in [1.807, 2.05) is 13.0 Å². The molecule has 0 radical (unpaired) electrons. The first-order valence-corrected chi connectivity index (χ1v) is 7.25. The second-order valence-electron chi connectivity index (χ2n) is 4.73. The highest BCUT2D eigenvalue weighted by atomic mass is 79.9. The zero-order valence-corrected chi connectivity index (χ0v) is 13.1. The molecule has 0 aliphatic rings. The minimum absolute atomic E-state index is 0.216.